The van der Waals surface area contributed by atoms with Gasteiger partial charge in [-0.2, -0.15) is 0 Å². The number of nitrogens with one attached hydrogen (secondary N) is 1. The maximum absolute atomic E-state index is 12.4. The van der Waals surface area contributed by atoms with Crippen LogP contribution in [-0.2, 0) is 9.53 Å². The lowest BCUT2D eigenvalue weighted by atomic mass is 10.0. The number of hydrogen-bond donors (Lipinski definition) is 1. The summed E-state index contributed by atoms with van der Waals surface area (Å²) in [5.41, 5.74) is 1.03. The topological polar surface area (TPSA) is 50.8 Å². The third-order valence-corrected chi connectivity index (χ3v) is 3.60. The number of benzene rings is 1. The highest BCUT2D eigenvalue weighted by molar-refractivity contribution is 5.85. The molecule has 1 fully saturated rings. The van der Waals surface area contributed by atoms with E-state index in [0.717, 1.165) is 24.4 Å². The minimum Gasteiger partial charge on any atom is -0.496 e. The minimum absolute atomic E-state index is 0. The molecule has 1 unspecified atom stereocenters. The fourth-order valence-electron chi connectivity index (χ4n) is 2.54. The Bertz CT molecular complexity index is 482. The highest BCUT2D eigenvalue weighted by Gasteiger charge is 2.29. The zero-order valence-electron chi connectivity index (χ0n) is 13.4. The molecule has 0 aliphatic carbocycles. The first kappa shape index (κ1) is 18.7. The van der Waals surface area contributed by atoms with E-state index in [0.29, 0.717) is 6.54 Å². The number of carbonyl (C=O) groups is 1. The summed E-state index contributed by atoms with van der Waals surface area (Å²) in [5, 5.41) is 3.34. The zero-order valence-corrected chi connectivity index (χ0v) is 14.2. The van der Waals surface area contributed by atoms with Crippen LogP contribution in [0.4, 0.5) is 0 Å². The molecule has 1 atom stereocenters. The SMILES string of the molecule is COc1ccccc1C1CNCCN1C(=O)COC(C)C.Cl. The smallest absolute Gasteiger partial charge is 0.249 e. The van der Waals surface area contributed by atoms with Crippen LogP contribution in [-0.4, -0.2) is 50.3 Å². The Kier molecular flexibility index (Phi) is 7.65. The molecule has 124 valence electrons. The molecule has 1 aromatic rings. The lowest BCUT2D eigenvalue weighted by Crippen LogP contribution is -2.50. The Labute approximate surface area is 138 Å². The third-order valence-electron chi connectivity index (χ3n) is 3.60. The summed E-state index contributed by atoms with van der Waals surface area (Å²) in [6, 6.07) is 7.84. The van der Waals surface area contributed by atoms with E-state index in [2.05, 4.69) is 5.32 Å². The molecular formula is C16H25ClN2O3. The van der Waals surface area contributed by atoms with Crippen molar-refractivity contribution in [3.63, 3.8) is 0 Å². The van der Waals surface area contributed by atoms with Crippen molar-refractivity contribution in [3.05, 3.63) is 29.8 Å². The number of methoxy groups -OCH3 is 1. The predicted molar refractivity (Wildman–Crippen MR) is 88.7 cm³/mol. The van der Waals surface area contributed by atoms with Crippen molar-refractivity contribution in [2.45, 2.75) is 26.0 Å². The van der Waals surface area contributed by atoms with Crippen molar-refractivity contribution in [1.82, 2.24) is 10.2 Å². The molecule has 0 spiro atoms. The second-order valence-corrected chi connectivity index (χ2v) is 5.41. The maximum atomic E-state index is 12.4. The van der Waals surface area contributed by atoms with Gasteiger partial charge < -0.3 is 19.7 Å². The van der Waals surface area contributed by atoms with E-state index in [1.54, 1.807) is 7.11 Å². The highest BCUT2D eigenvalue weighted by atomic mass is 35.5. The van der Waals surface area contributed by atoms with E-state index >= 15 is 0 Å². The van der Waals surface area contributed by atoms with Gasteiger partial charge in [0.1, 0.15) is 12.4 Å². The molecular weight excluding hydrogens is 304 g/mol. The molecule has 2 rings (SSSR count). The van der Waals surface area contributed by atoms with Gasteiger partial charge in [0, 0.05) is 25.2 Å². The Balaban J connectivity index is 0.00000242. The van der Waals surface area contributed by atoms with Gasteiger partial charge in [-0.05, 0) is 19.9 Å². The van der Waals surface area contributed by atoms with Gasteiger partial charge in [-0.25, -0.2) is 0 Å². The van der Waals surface area contributed by atoms with Crippen LogP contribution >= 0.6 is 12.4 Å². The van der Waals surface area contributed by atoms with Crippen LogP contribution in [0.3, 0.4) is 0 Å². The largest absolute Gasteiger partial charge is 0.496 e. The van der Waals surface area contributed by atoms with Gasteiger partial charge in [0.05, 0.1) is 19.3 Å². The van der Waals surface area contributed by atoms with Crippen LogP contribution in [0.5, 0.6) is 5.75 Å². The number of carbonyl (C=O) groups excluding carboxylic acids is 1. The van der Waals surface area contributed by atoms with Gasteiger partial charge in [-0.3, -0.25) is 4.79 Å². The van der Waals surface area contributed by atoms with Crippen molar-refractivity contribution in [2.75, 3.05) is 33.4 Å². The van der Waals surface area contributed by atoms with Gasteiger partial charge >= 0.3 is 0 Å². The van der Waals surface area contributed by atoms with E-state index in [1.807, 2.05) is 43.0 Å². The Hall–Kier alpha value is -1.30. The second kappa shape index (κ2) is 8.98. The number of halogens is 1. The fourth-order valence-corrected chi connectivity index (χ4v) is 2.54. The Morgan fingerprint density at radius 3 is 2.82 bits per heavy atom. The average Bonchev–Trinajstić information content (AvgIpc) is 2.52. The molecule has 1 saturated heterocycles. The summed E-state index contributed by atoms with van der Waals surface area (Å²) in [7, 11) is 1.66. The first-order valence-corrected chi connectivity index (χ1v) is 7.38. The molecule has 0 bridgehead atoms. The number of ether oxygens (including phenoxy) is 2. The molecule has 0 aromatic heterocycles. The number of piperazine rings is 1. The number of nitrogens with zero attached hydrogens (tertiary/aromatic N) is 1. The highest BCUT2D eigenvalue weighted by Crippen LogP contribution is 2.30. The van der Waals surface area contributed by atoms with Crippen LogP contribution in [0.1, 0.15) is 25.5 Å². The van der Waals surface area contributed by atoms with Gasteiger partial charge in [0.15, 0.2) is 0 Å². The average molecular weight is 329 g/mol. The lowest BCUT2D eigenvalue weighted by molar-refractivity contribution is -0.141. The minimum atomic E-state index is -0.0156. The number of para-hydroxylation sites is 1. The van der Waals surface area contributed by atoms with E-state index in [1.165, 1.54) is 0 Å². The van der Waals surface area contributed by atoms with E-state index in [-0.39, 0.29) is 37.1 Å². The molecule has 0 saturated carbocycles. The van der Waals surface area contributed by atoms with E-state index < -0.39 is 0 Å². The fraction of sp³-hybridized carbons (Fsp3) is 0.562. The van der Waals surface area contributed by atoms with E-state index in [9.17, 15) is 4.79 Å². The van der Waals surface area contributed by atoms with Gasteiger partial charge in [0.2, 0.25) is 5.91 Å². The maximum Gasteiger partial charge on any atom is 0.249 e. The van der Waals surface area contributed by atoms with Crippen LogP contribution in [0, 0.1) is 0 Å². The Morgan fingerprint density at radius 1 is 1.41 bits per heavy atom. The van der Waals surface area contributed by atoms with Crippen LogP contribution in [0.2, 0.25) is 0 Å². The summed E-state index contributed by atoms with van der Waals surface area (Å²) < 4.78 is 10.9. The second-order valence-electron chi connectivity index (χ2n) is 5.41. The van der Waals surface area contributed by atoms with Crippen molar-refractivity contribution in [1.29, 1.82) is 0 Å². The Morgan fingerprint density at radius 2 is 2.14 bits per heavy atom. The number of amides is 1. The molecule has 6 heteroatoms. The first-order valence-electron chi connectivity index (χ1n) is 7.38. The van der Waals surface area contributed by atoms with Crippen LogP contribution in [0.25, 0.3) is 0 Å². The predicted octanol–water partition coefficient (Wildman–Crippen LogP) is 2.01. The summed E-state index contributed by atoms with van der Waals surface area (Å²) in [6.07, 6.45) is 0.0570. The first-order chi connectivity index (χ1) is 10.1. The molecule has 1 amide bonds. The van der Waals surface area contributed by atoms with Crippen molar-refractivity contribution >= 4 is 18.3 Å². The van der Waals surface area contributed by atoms with Crippen LogP contribution in [0.15, 0.2) is 24.3 Å². The van der Waals surface area contributed by atoms with Crippen molar-refractivity contribution in [2.24, 2.45) is 0 Å². The molecule has 1 aliphatic heterocycles. The molecule has 22 heavy (non-hydrogen) atoms. The van der Waals surface area contributed by atoms with E-state index in [4.69, 9.17) is 9.47 Å². The van der Waals surface area contributed by atoms with Crippen molar-refractivity contribution in [3.8, 4) is 5.75 Å². The molecule has 0 radical (unpaired) electrons. The molecule has 1 heterocycles. The standard InChI is InChI=1S/C16H24N2O3.ClH/c1-12(2)21-11-16(19)18-9-8-17-10-14(18)13-6-4-5-7-15(13)20-3;/h4-7,12,14,17H,8-11H2,1-3H3;1H. The summed E-state index contributed by atoms with van der Waals surface area (Å²) in [5.74, 6) is 0.842. The van der Waals surface area contributed by atoms with Gasteiger partial charge in [-0.1, -0.05) is 18.2 Å². The number of hydrogen-bond acceptors (Lipinski definition) is 4. The van der Waals surface area contributed by atoms with Crippen molar-refractivity contribution < 1.29 is 14.3 Å². The third kappa shape index (κ3) is 4.60. The lowest BCUT2D eigenvalue weighted by Gasteiger charge is -2.37. The zero-order chi connectivity index (χ0) is 15.2. The summed E-state index contributed by atoms with van der Waals surface area (Å²) in [4.78, 5) is 14.3. The van der Waals surface area contributed by atoms with Gasteiger partial charge in [0.25, 0.3) is 0 Å². The quantitative estimate of drug-likeness (QED) is 0.898. The monoisotopic (exact) mass is 328 g/mol. The molecule has 1 aromatic carbocycles. The van der Waals surface area contributed by atoms with Gasteiger partial charge in [-0.15, -0.1) is 12.4 Å². The number of rotatable bonds is 5. The summed E-state index contributed by atoms with van der Waals surface area (Å²) in [6.45, 7) is 6.21. The normalized spacial score (nSPS) is 18.0. The molecule has 1 aliphatic rings. The molecule has 1 N–H and O–H groups in total. The van der Waals surface area contributed by atoms with Crippen LogP contribution < -0.4 is 10.1 Å². The summed E-state index contributed by atoms with van der Waals surface area (Å²) >= 11 is 0. The molecule has 5 nitrogen and oxygen atoms in total.